The minimum atomic E-state index is -3.33. The molecule has 0 heterocycles. The van der Waals surface area contributed by atoms with Crippen LogP contribution in [0.3, 0.4) is 0 Å². The highest BCUT2D eigenvalue weighted by atomic mass is 32.2. The average molecular weight is 229 g/mol. The molecule has 13 heavy (non-hydrogen) atoms. The van der Waals surface area contributed by atoms with Gasteiger partial charge in [-0.25, -0.2) is 21.6 Å². The molecule has 80 valence electrons. The summed E-state index contributed by atoms with van der Waals surface area (Å²) < 4.78 is 44.8. The lowest BCUT2D eigenvalue weighted by Crippen LogP contribution is -2.43. The van der Waals surface area contributed by atoms with Crippen molar-refractivity contribution >= 4 is 19.9 Å². The highest BCUT2D eigenvalue weighted by Gasteiger charge is 2.30. The van der Waals surface area contributed by atoms with E-state index in [9.17, 15) is 16.8 Å². The molecule has 0 bridgehead atoms. The third kappa shape index (κ3) is 4.58. The van der Waals surface area contributed by atoms with E-state index in [1.165, 1.54) is 13.8 Å². The molecule has 0 unspecified atom stereocenters. The van der Waals surface area contributed by atoms with Gasteiger partial charge in [-0.1, -0.05) is 0 Å². The van der Waals surface area contributed by atoms with Crippen molar-refractivity contribution in [2.45, 2.75) is 18.6 Å². The lowest BCUT2D eigenvalue weighted by Gasteiger charge is -2.21. The molecule has 0 spiro atoms. The zero-order valence-electron chi connectivity index (χ0n) is 8.16. The van der Waals surface area contributed by atoms with Gasteiger partial charge in [0, 0.05) is 12.8 Å². The fraction of sp³-hybridized carbons (Fsp3) is 1.00. The Bertz CT molecular complexity index is 365. The second-order valence-electron chi connectivity index (χ2n) is 3.63. The molecule has 5 nitrogen and oxygen atoms in total. The summed E-state index contributed by atoms with van der Waals surface area (Å²) >= 11 is 0. The first-order valence-corrected chi connectivity index (χ1v) is 7.38. The van der Waals surface area contributed by atoms with Gasteiger partial charge < -0.3 is 0 Å². The van der Waals surface area contributed by atoms with E-state index in [0.717, 1.165) is 12.5 Å². The van der Waals surface area contributed by atoms with Gasteiger partial charge >= 0.3 is 0 Å². The van der Waals surface area contributed by atoms with Crippen LogP contribution in [-0.2, 0) is 19.9 Å². The van der Waals surface area contributed by atoms with Crippen LogP contribution in [0.4, 0.5) is 0 Å². The standard InChI is InChI=1S/C6H15NO4S2/c1-6(2,12(3,8)9)5-7-13(4,10)11/h7H,5H2,1-4H3. The Hall–Kier alpha value is -0.140. The smallest absolute Gasteiger partial charge is 0.208 e. The second kappa shape index (κ2) is 3.55. The SMILES string of the molecule is CC(C)(CNS(C)(=O)=O)S(C)(=O)=O. The maximum absolute atomic E-state index is 11.1. The quantitative estimate of drug-likeness (QED) is 0.695. The molecule has 0 aliphatic rings. The van der Waals surface area contributed by atoms with Crippen LogP contribution >= 0.6 is 0 Å². The maximum Gasteiger partial charge on any atom is 0.208 e. The molecule has 0 rings (SSSR count). The van der Waals surface area contributed by atoms with E-state index in [-0.39, 0.29) is 6.54 Å². The Morgan fingerprint density at radius 3 is 1.69 bits per heavy atom. The number of hydrogen-bond acceptors (Lipinski definition) is 4. The second-order valence-corrected chi connectivity index (χ2v) is 8.11. The summed E-state index contributed by atoms with van der Waals surface area (Å²) in [7, 11) is -6.58. The van der Waals surface area contributed by atoms with Crippen LogP contribution in [-0.4, -0.2) is 40.6 Å². The lowest BCUT2D eigenvalue weighted by molar-refractivity contribution is 0.539. The maximum atomic E-state index is 11.1. The van der Waals surface area contributed by atoms with Crippen LogP contribution in [0.15, 0.2) is 0 Å². The normalized spacial score (nSPS) is 14.5. The van der Waals surface area contributed by atoms with Crippen molar-refractivity contribution in [2.75, 3.05) is 19.1 Å². The molecular formula is C6H15NO4S2. The first-order valence-electron chi connectivity index (χ1n) is 3.60. The van der Waals surface area contributed by atoms with Crippen LogP contribution in [0, 0.1) is 0 Å². The summed E-state index contributed by atoms with van der Waals surface area (Å²) in [6.45, 7) is 2.84. The summed E-state index contributed by atoms with van der Waals surface area (Å²) in [6.07, 6.45) is 2.07. The van der Waals surface area contributed by atoms with Gasteiger partial charge in [-0.2, -0.15) is 0 Å². The van der Waals surface area contributed by atoms with E-state index in [1.807, 2.05) is 0 Å². The molecule has 0 aromatic heterocycles. The zero-order valence-corrected chi connectivity index (χ0v) is 9.79. The molecule has 0 saturated heterocycles. The largest absolute Gasteiger partial charge is 0.229 e. The minimum absolute atomic E-state index is 0.106. The van der Waals surface area contributed by atoms with E-state index in [0.29, 0.717) is 0 Å². The predicted molar refractivity (Wildman–Crippen MR) is 51.8 cm³/mol. The Morgan fingerprint density at radius 1 is 1.08 bits per heavy atom. The van der Waals surface area contributed by atoms with Crippen molar-refractivity contribution in [2.24, 2.45) is 0 Å². The first-order chi connectivity index (χ1) is 5.46. The number of nitrogens with one attached hydrogen (secondary N) is 1. The Morgan fingerprint density at radius 2 is 1.46 bits per heavy atom. The molecule has 1 N–H and O–H groups in total. The van der Waals surface area contributed by atoms with Gasteiger partial charge in [-0.05, 0) is 13.8 Å². The van der Waals surface area contributed by atoms with E-state index in [2.05, 4.69) is 4.72 Å². The topological polar surface area (TPSA) is 80.3 Å². The molecule has 0 fully saturated rings. The highest BCUT2D eigenvalue weighted by Crippen LogP contribution is 2.13. The Balaban J connectivity index is 4.57. The Kier molecular flexibility index (Phi) is 3.51. The number of sulfone groups is 1. The number of hydrogen-bond donors (Lipinski definition) is 1. The van der Waals surface area contributed by atoms with Crippen molar-refractivity contribution in [3.8, 4) is 0 Å². The molecule has 0 aromatic carbocycles. The third-order valence-corrected chi connectivity index (χ3v) is 4.58. The van der Waals surface area contributed by atoms with Crippen molar-refractivity contribution in [3.05, 3.63) is 0 Å². The summed E-state index contributed by atoms with van der Waals surface area (Å²) in [5, 5.41) is 0. The van der Waals surface area contributed by atoms with E-state index >= 15 is 0 Å². The van der Waals surface area contributed by atoms with Crippen molar-refractivity contribution < 1.29 is 16.8 Å². The van der Waals surface area contributed by atoms with Gasteiger partial charge in [0.25, 0.3) is 0 Å². The third-order valence-electron chi connectivity index (χ3n) is 1.76. The highest BCUT2D eigenvalue weighted by molar-refractivity contribution is 7.92. The molecule has 0 radical (unpaired) electrons. The lowest BCUT2D eigenvalue weighted by atomic mass is 10.2. The molecule has 0 aliphatic heterocycles. The van der Waals surface area contributed by atoms with E-state index in [4.69, 9.17) is 0 Å². The first kappa shape index (κ1) is 12.9. The molecular weight excluding hydrogens is 214 g/mol. The van der Waals surface area contributed by atoms with Crippen molar-refractivity contribution in [1.82, 2.24) is 4.72 Å². The number of sulfonamides is 1. The van der Waals surface area contributed by atoms with Crippen LogP contribution < -0.4 is 4.72 Å². The van der Waals surface area contributed by atoms with Gasteiger partial charge in [-0.3, -0.25) is 0 Å². The molecule has 0 atom stereocenters. The van der Waals surface area contributed by atoms with E-state index in [1.54, 1.807) is 0 Å². The fourth-order valence-electron chi connectivity index (χ4n) is 0.436. The van der Waals surface area contributed by atoms with Gasteiger partial charge in [0.2, 0.25) is 10.0 Å². The van der Waals surface area contributed by atoms with Gasteiger partial charge in [-0.15, -0.1) is 0 Å². The number of rotatable bonds is 4. The van der Waals surface area contributed by atoms with Crippen molar-refractivity contribution in [1.29, 1.82) is 0 Å². The summed E-state index contributed by atoms with van der Waals surface area (Å²) in [6, 6.07) is 0. The summed E-state index contributed by atoms with van der Waals surface area (Å²) in [5.74, 6) is 0. The molecule has 7 heteroatoms. The fourth-order valence-corrected chi connectivity index (χ4v) is 1.48. The molecule has 0 aromatic rings. The predicted octanol–water partition coefficient (Wildman–Crippen LogP) is -0.641. The summed E-state index contributed by atoms with van der Waals surface area (Å²) in [4.78, 5) is 0. The molecule has 0 saturated carbocycles. The van der Waals surface area contributed by atoms with Gasteiger partial charge in [0.15, 0.2) is 9.84 Å². The van der Waals surface area contributed by atoms with Crippen LogP contribution in [0.2, 0.25) is 0 Å². The van der Waals surface area contributed by atoms with Gasteiger partial charge in [0.05, 0.1) is 11.0 Å². The summed E-state index contributed by atoms with van der Waals surface area (Å²) in [5.41, 5.74) is 0. The van der Waals surface area contributed by atoms with Crippen molar-refractivity contribution in [3.63, 3.8) is 0 Å². The Labute approximate surface area is 79.5 Å². The minimum Gasteiger partial charge on any atom is -0.229 e. The average Bonchev–Trinajstić information content (AvgIpc) is 1.79. The zero-order chi connectivity index (χ0) is 10.9. The van der Waals surface area contributed by atoms with Crippen LogP contribution in [0.25, 0.3) is 0 Å². The van der Waals surface area contributed by atoms with Gasteiger partial charge in [0.1, 0.15) is 0 Å². The van der Waals surface area contributed by atoms with Crippen LogP contribution in [0.5, 0.6) is 0 Å². The van der Waals surface area contributed by atoms with Crippen LogP contribution in [0.1, 0.15) is 13.8 Å². The molecule has 0 aliphatic carbocycles. The molecule has 0 amide bonds. The van der Waals surface area contributed by atoms with E-state index < -0.39 is 24.6 Å². The monoisotopic (exact) mass is 229 g/mol.